The molecule has 2 heterocycles. The Bertz CT molecular complexity index is 4020. The highest BCUT2D eigenvalue weighted by Crippen LogP contribution is 2.53. The topological polar surface area (TPSA) is 15.7 Å². The molecule has 12 aromatic rings. The molecule has 0 saturated carbocycles. The molecule has 0 N–H and O–H groups in total. The average molecular weight is 973 g/mol. The second-order valence-electron chi connectivity index (χ2n) is 21.2. The molecule has 4 heteroatoms. The van der Waals surface area contributed by atoms with Crippen molar-refractivity contribution in [2.24, 2.45) is 0 Å². The van der Waals surface area contributed by atoms with Crippen LogP contribution in [0.1, 0.15) is 26.3 Å². The van der Waals surface area contributed by atoms with Crippen LogP contribution in [-0.2, 0) is 5.41 Å². The average Bonchev–Trinajstić information content (AvgIpc) is 3.67. The fourth-order valence-electron chi connectivity index (χ4n) is 12.1. The SMILES string of the molecule is CC(C)(C)c1cc2c3c(c1)N(c1c(-c4ccccc4)cccc1-c1ccccc1)c1cc(-c4c5ccccc5c(N(c5ccccc5)c5ccccc5)c5ccccc45)ccc1B3c1cc(-c3ccccc3)ccc1O2. The summed E-state index contributed by atoms with van der Waals surface area (Å²) in [4.78, 5) is 5.04. The predicted octanol–water partition coefficient (Wildman–Crippen LogP) is 17.8. The summed E-state index contributed by atoms with van der Waals surface area (Å²) in [5, 5.41) is 4.73. The molecule has 0 saturated heterocycles. The van der Waals surface area contributed by atoms with Crippen molar-refractivity contribution in [3.8, 4) is 56.0 Å². The lowest BCUT2D eigenvalue weighted by molar-refractivity contribution is 0.483. The molecular weight excluding hydrogens is 920 g/mol. The number of benzene rings is 12. The summed E-state index contributed by atoms with van der Waals surface area (Å²) in [6.45, 7) is 6.80. The first-order chi connectivity index (χ1) is 37.4. The molecule has 2 aliphatic rings. The van der Waals surface area contributed by atoms with Gasteiger partial charge in [-0.05, 0) is 120 Å². The smallest absolute Gasteiger partial charge is 0.256 e. The predicted molar refractivity (Wildman–Crippen MR) is 322 cm³/mol. The minimum Gasteiger partial charge on any atom is -0.458 e. The summed E-state index contributed by atoms with van der Waals surface area (Å²) in [6.07, 6.45) is 0. The Morgan fingerprint density at radius 2 is 0.882 bits per heavy atom. The Labute approximate surface area is 445 Å². The van der Waals surface area contributed by atoms with Gasteiger partial charge >= 0.3 is 0 Å². The number of rotatable bonds is 8. The highest BCUT2D eigenvalue weighted by Gasteiger charge is 2.44. The summed E-state index contributed by atoms with van der Waals surface area (Å²) < 4.78 is 7.23. The van der Waals surface area contributed by atoms with Gasteiger partial charge in [-0.1, -0.05) is 239 Å². The van der Waals surface area contributed by atoms with Crippen molar-refractivity contribution in [2.75, 3.05) is 9.80 Å². The van der Waals surface area contributed by atoms with Crippen molar-refractivity contribution in [1.82, 2.24) is 0 Å². The number of para-hydroxylation sites is 3. The van der Waals surface area contributed by atoms with E-state index in [-0.39, 0.29) is 12.1 Å². The fourth-order valence-corrected chi connectivity index (χ4v) is 12.1. The second-order valence-corrected chi connectivity index (χ2v) is 21.2. The van der Waals surface area contributed by atoms with E-state index in [2.05, 4.69) is 297 Å². The zero-order valence-corrected chi connectivity index (χ0v) is 42.8. The molecule has 76 heavy (non-hydrogen) atoms. The van der Waals surface area contributed by atoms with E-state index in [4.69, 9.17) is 4.74 Å². The zero-order valence-electron chi connectivity index (χ0n) is 42.8. The molecule has 14 rings (SSSR count). The van der Waals surface area contributed by atoms with E-state index in [0.717, 1.165) is 78.9 Å². The van der Waals surface area contributed by atoms with Crippen LogP contribution in [-0.4, -0.2) is 6.71 Å². The Balaban J connectivity index is 1.10. The van der Waals surface area contributed by atoms with Crippen molar-refractivity contribution in [2.45, 2.75) is 26.2 Å². The van der Waals surface area contributed by atoms with Gasteiger partial charge in [-0.25, -0.2) is 0 Å². The maximum atomic E-state index is 7.23. The van der Waals surface area contributed by atoms with Gasteiger partial charge in [0.15, 0.2) is 0 Å². The largest absolute Gasteiger partial charge is 0.458 e. The highest BCUT2D eigenvalue weighted by atomic mass is 16.5. The van der Waals surface area contributed by atoms with Crippen LogP contribution >= 0.6 is 0 Å². The van der Waals surface area contributed by atoms with Crippen LogP contribution in [0.4, 0.5) is 34.1 Å². The third-order valence-electron chi connectivity index (χ3n) is 15.6. The van der Waals surface area contributed by atoms with Gasteiger partial charge in [0.05, 0.1) is 11.4 Å². The molecular formula is C72H53BN2O. The van der Waals surface area contributed by atoms with Crippen molar-refractivity contribution in [3.05, 3.63) is 272 Å². The molecule has 0 radical (unpaired) electrons. The van der Waals surface area contributed by atoms with Gasteiger partial charge in [0.1, 0.15) is 11.5 Å². The summed E-state index contributed by atoms with van der Waals surface area (Å²) in [6, 6.07) is 97.9. The Morgan fingerprint density at radius 1 is 0.382 bits per heavy atom. The lowest BCUT2D eigenvalue weighted by Gasteiger charge is -2.42. The van der Waals surface area contributed by atoms with E-state index < -0.39 is 0 Å². The van der Waals surface area contributed by atoms with E-state index >= 15 is 0 Å². The van der Waals surface area contributed by atoms with Crippen LogP contribution in [0.25, 0.3) is 66.1 Å². The molecule has 0 bridgehead atoms. The molecule has 0 fully saturated rings. The van der Waals surface area contributed by atoms with Crippen molar-refractivity contribution < 1.29 is 4.74 Å². The lowest BCUT2D eigenvalue weighted by Crippen LogP contribution is -2.59. The van der Waals surface area contributed by atoms with Gasteiger partial charge in [-0.15, -0.1) is 0 Å². The zero-order chi connectivity index (χ0) is 50.9. The summed E-state index contributed by atoms with van der Waals surface area (Å²) >= 11 is 0. The van der Waals surface area contributed by atoms with Gasteiger partial charge in [0.25, 0.3) is 6.71 Å². The number of hydrogen-bond acceptors (Lipinski definition) is 3. The molecule has 0 aliphatic carbocycles. The van der Waals surface area contributed by atoms with Crippen LogP contribution in [0, 0.1) is 0 Å². The van der Waals surface area contributed by atoms with Gasteiger partial charge < -0.3 is 14.5 Å². The minimum absolute atomic E-state index is 0.128. The van der Waals surface area contributed by atoms with Crippen molar-refractivity contribution in [1.29, 1.82) is 0 Å². The highest BCUT2D eigenvalue weighted by molar-refractivity contribution is 6.99. The first kappa shape index (κ1) is 45.3. The fraction of sp³-hybridized carbons (Fsp3) is 0.0556. The first-order valence-corrected chi connectivity index (χ1v) is 26.4. The maximum absolute atomic E-state index is 7.23. The molecule has 2 aliphatic heterocycles. The number of fused-ring (bicyclic) bond motifs is 6. The van der Waals surface area contributed by atoms with Gasteiger partial charge in [-0.3, -0.25) is 0 Å². The normalized spacial score (nSPS) is 12.5. The molecule has 0 unspecified atom stereocenters. The molecule has 3 nitrogen and oxygen atoms in total. The standard InChI is InChI=1S/C72H53BN2O/c1-72(2,3)53-46-65-69-67(47-53)76-66-43-41-51(48-24-9-4-10-25-48)44-63(66)73(69)62-42-40-52(45-64(62)75(65)70-56(49-26-11-5-12-27-49)38-23-39-57(70)50-28-13-6-14-29-50)68-58-34-19-21-36-60(58)71(61-37-22-20-35-59(61)68)74(54-30-15-7-16-31-54)55-32-17-8-18-33-55/h4-47H,1-3H3. The molecule has 0 spiro atoms. The Morgan fingerprint density at radius 3 is 1.43 bits per heavy atom. The van der Waals surface area contributed by atoms with E-state index in [1.54, 1.807) is 0 Å². The van der Waals surface area contributed by atoms with Crippen LogP contribution in [0.2, 0.25) is 0 Å². The van der Waals surface area contributed by atoms with Crippen molar-refractivity contribution in [3.63, 3.8) is 0 Å². The van der Waals surface area contributed by atoms with E-state index in [1.165, 1.54) is 54.7 Å². The summed E-state index contributed by atoms with van der Waals surface area (Å²) in [5.74, 6) is 1.79. The van der Waals surface area contributed by atoms with Crippen LogP contribution in [0.3, 0.4) is 0 Å². The summed E-state index contributed by atoms with van der Waals surface area (Å²) in [7, 11) is 0. The van der Waals surface area contributed by atoms with Crippen molar-refractivity contribution >= 4 is 78.8 Å². The minimum atomic E-state index is -0.191. The quantitative estimate of drug-likeness (QED) is 0.111. The lowest BCUT2D eigenvalue weighted by atomic mass is 9.34. The van der Waals surface area contributed by atoms with Gasteiger partial charge in [0.2, 0.25) is 0 Å². The Hall–Kier alpha value is -9.38. The Kier molecular flexibility index (Phi) is 10.9. The number of anilines is 6. The van der Waals surface area contributed by atoms with Gasteiger partial charge in [-0.2, -0.15) is 0 Å². The van der Waals surface area contributed by atoms with E-state index in [0.29, 0.717) is 0 Å². The van der Waals surface area contributed by atoms with Crippen LogP contribution in [0.15, 0.2) is 267 Å². The second kappa shape index (κ2) is 18.2. The molecule has 0 aromatic heterocycles. The summed E-state index contributed by atoms with van der Waals surface area (Å²) in [5.41, 5.74) is 20.6. The first-order valence-electron chi connectivity index (χ1n) is 26.4. The molecule has 0 amide bonds. The van der Waals surface area contributed by atoms with Crippen LogP contribution < -0.4 is 30.9 Å². The molecule has 12 aromatic carbocycles. The van der Waals surface area contributed by atoms with E-state index in [1.807, 2.05) is 0 Å². The third-order valence-corrected chi connectivity index (χ3v) is 15.6. The van der Waals surface area contributed by atoms with E-state index in [9.17, 15) is 0 Å². The molecule has 360 valence electrons. The number of ether oxygens (including phenoxy) is 1. The maximum Gasteiger partial charge on any atom is 0.256 e. The monoisotopic (exact) mass is 972 g/mol. The molecule has 0 atom stereocenters. The number of nitrogens with zero attached hydrogens (tertiary/aromatic N) is 2. The van der Waals surface area contributed by atoms with Crippen LogP contribution in [0.5, 0.6) is 11.5 Å². The van der Waals surface area contributed by atoms with Gasteiger partial charge in [0, 0.05) is 44.6 Å². The number of hydrogen-bond donors (Lipinski definition) is 0. The third kappa shape index (κ3) is 7.51.